The summed E-state index contributed by atoms with van der Waals surface area (Å²) in [6, 6.07) is 14.7. The molecule has 0 unspecified atom stereocenters. The lowest BCUT2D eigenvalue weighted by molar-refractivity contribution is -0.137. The van der Waals surface area contributed by atoms with E-state index in [2.05, 4.69) is 4.90 Å². The Hall–Kier alpha value is -4.13. The number of anilines is 3. The Morgan fingerprint density at radius 1 is 1.00 bits per heavy atom. The highest BCUT2D eigenvalue weighted by molar-refractivity contribution is 5.96. The number of nitrogens with zero attached hydrogens (tertiary/aromatic N) is 4. The van der Waals surface area contributed by atoms with E-state index < -0.39 is 17.7 Å². The molecule has 0 saturated carbocycles. The Kier molecular flexibility index (Phi) is 6.11. The molecule has 3 aromatic rings. The normalized spacial score (nSPS) is 14.1. The van der Waals surface area contributed by atoms with Crippen molar-refractivity contribution in [2.45, 2.75) is 6.18 Å². The minimum absolute atomic E-state index is 0.0594. The van der Waals surface area contributed by atoms with Gasteiger partial charge in [0.2, 0.25) is 0 Å². The highest BCUT2D eigenvalue weighted by Gasteiger charge is 2.31. The van der Waals surface area contributed by atoms with Crippen LogP contribution in [0.3, 0.4) is 0 Å². The van der Waals surface area contributed by atoms with Gasteiger partial charge in [-0.1, -0.05) is 6.07 Å². The molecule has 1 saturated heterocycles. The number of nitrogen functional groups attached to an aromatic ring is 1. The number of nitriles is 1. The van der Waals surface area contributed by atoms with E-state index >= 15 is 0 Å². The van der Waals surface area contributed by atoms with Crippen LogP contribution in [0.5, 0.6) is 0 Å². The van der Waals surface area contributed by atoms with E-state index in [9.17, 15) is 23.2 Å². The number of nitrogens with two attached hydrogens (primary N) is 1. The zero-order chi connectivity index (χ0) is 24.5. The van der Waals surface area contributed by atoms with Gasteiger partial charge < -0.3 is 24.8 Å². The van der Waals surface area contributed by atoms with Gasteiger partial charge in [0.15, 0.2) is 5.69 Å². The number of ether oxygens (including phenoxy) is 1. The van der Waals surface area contributed by atoms with E-state index in [4.69, 9.17) is 10.5 Å². The maximum Gasteiger partial charge on any atom is 0.416 e. The number of rotatable bonds is 4. The van der Waals surface area contributed by atoms with E-state index in [0.29, 0.717) is 37.6 Å². The number of esters is 1. The summed E-state index contributed by atoms with van der Waals surface area (Å²) in [6.45, 7) is 2.43. The van der Waals surface area contributed by atoms with Crippen LogP contribution in [-0.4, -0.2) is 43.8 Å². The number of methoxy groups -OCH3 is 1. The van der Waals surface area contributed by atoms with Crippen LogP contribution in [0, 0.1) is 11.3 Å². The monoisotopic (exact) mass is 469 g/mol. The molecule has 1 aliphatic heterocycles. The van der Waals surface area contributed by atoms with Gasteiger partial charge in [0.25, 0.3) is 0 Å². The van der Waals surface area contributed by atoms with Crippen LogP contribution in [0.4, 0.5) is 30.2 Å². The third-order valence-electron chi connectivity index (χ3n) is 5.85. The van der Waals surface area contributed by atoms with Crippen molar-refractivity contribution in [1.29, 1.82) is 5.26 Å². The van der Waals surface area contributed by atoms with Gasteiger partial charge in [0.1, 0.15) is 6.07 Å². The predicted octanol–water partition coefficient (Wildman–Crippen LogP) is 4.06. The first kappa shape index (κ1) is 23.0. The minimum atomic E-state index is -4.37. The lowest BCUT2D eigenvalue weighted by Crippen LogP contribution is -2.46. The third-order valence-corrected chi connectivity index (χ3v) is 5.85. The summed E-state index contributed by atoms with van der Waals surface area (Å²) in [7, 11) is 1.24. The van der Waals surface area contributed by atoms with Gasteiger partial charge in [-0.2, -0.15) is 18.4 Å². The standard InChI is InChI=1S/C24H22F3N5O2/c1-34-23(33)22-21(29)16(14-28)15-32(22)19-7-5-18(6-8-19)30-9-11-31(12-10-30)20-4-2-3-17(13-20)24(25,26)27/h2-8,13,15H,9-12,29H2,1H3. The number of carbonyl (C=O) groups is 1. The first-order valence-electron chi connectivity index (χ1n) is 10.5. The molecular weight excluding hydrogens is 447 g/mol. The van der Waals surface area contributed by atoms with Crippen molar-refractivity contribution in [1.82, 2.24) is 4.57 Å². The molecule has 2 N–H and O–H groups in total. The van der Waals surface area contributed by atoms with E-state index in [0.717, 1.165) is 11.8 Å². The Labute approximate surface area is 194 Å². The number of aromatic nitrogens is 1. The second kappa shape index (κ2) is 9.02. The molecule has 0 radical (unpaired) electrons. The smallest absolute Gasteiger partial charge is 0.416 e. The van der Waals surface area contributed by atoms with E-state index in [-0.39, 0.29) is 16.9 Å². The van der Waals surface area contributed by atoms with Gasteiger partial charge in [-0.05, 0) is 42.5 Å². The SMILES string of the molecule is COC(=O)c1c(N)c(C#N)cn1-c1ccc(N2CCN(c3cccc(C(F)(F)F)c3)CC2)cc1. The first-order valence-corrected chi connectivity index (χ1v) is 10.5. The van der Waals surface area contributed by atoms with E-state index in [1.165, 1.54) is 30.0 Å². The van der Waals surface area contributed by atoms with Crippen LogP contribution in [0.25, 0.3) is 5.69 Å². The zero-order valence-electron chi connectivity index (χ0n) is 18.3. The predicted molar refractivity (Wildman–Crippen MR) is 122 cm³/mol. The highest BCUT2D eigenvalue weighted by atomic mass is 19.4. The molecule has 7 nitrogen and oxygen atoms in total. The summed E-state index contributed by atoms with van der Waals surface area (Å²) in [5.41, 5.74) is 7.75. The number of carbonyl (C=O) groups excluding carboxylic acids is 1. The molecule has 0 spiro atoms. The number of benzene rings is 2. The van der Waals surface area contributed by atoms with Crippen LogP contribution in [0.2, 0.25) is 0 Å². The van der Waals surface area contributed by atoms with Crippen LogP contribution >= 0.6 is 0 Å². The molecule has 34 heavy (non-hydrogen) atoms. The number of hydrogen-bond donors (Lipinski definition) is 1. The molecule has 2 aromatic carbocycles. The van der Waals surface area contributed by atoms with Gasteiger partial charge in [-0.15, -0.1) is 0 Å². The van der Waals surface area contributed by atoms with Crippen molar-refractivity contribution in [3.05, 3.63) is 71.5 Å². The molecule has 0 amide bonds. The van der Waals surface area contributed by atoms with Crippen molar-refractivity contribution < 1.29 is 22.7 Å². The summed E-state index contributed by atoms with van der Waals surface area (Å²) < 4.78 is 45.4. The molecule has 0 atom stereocenters. The average molecular weight is 469 g/mol. The molecule has 1 fully saturated rings. The molecule has 10 heteroatoms. The summed E-state index contributed by atoms with van der Waals surface area (Å²) in [5.74, 6) is -0.645. The number of piperazine rings is 1. The van der Waals surface area contributed by atoms with Gasteiger partial charge in [0, 0.05) is 49.4 Å². The van der Waals surface area contributed by atoms with Crippen LogP contribution in [-0.2, 0) is 10.9 Å². The molecule has 4 rings (SSSR count). The summed E-state index contributed by atoms with van der Waals surface area (Å²) in [5, 5.41) is 9.27. The molecule has 0 bridgehead atoms. The second-order valence-corrected chi connectivity index (χ2v) is 7.82. The quantitative estimate of drug-likeness (QED) is 0.580. The summed E-state index contributed by atoms with van der Waals surface area (Å²) in [6.07, 6.45) is -2.88. The van der Waals surface area contributed by atoms with Crippen molar-refractivity contribution in [2.75, 3.05) is 48.8 Å². The Morgan fingerprint density at radius 3 is 2.15 bits per heavy atom. The Bertz CT molecular complexity index is 1240. The third kappa shape index (κ3) is 4.37. The largest absolute Gasteiger partial charge is 0.464 e. The fourth-order valence-electron chi connectivity index (χ4n) is 4.04. The second-order valence-electron chi connectivity index (χ2n) is 7.82. The van der Waals surface area contributed by atoms with E-state index in [1.807, 2.05) is 35.2 Å². The molecule has 0 aliphatic carbocycles. The average Bonchev–Trinajstić information content (AvgIpc) is 3.19. The van der Waals surface area contributed by atoms with Crippen LogP contribution in [0.1, 0.15) is 21.6 Å². The first-order chi connectivity index (χ1) is 16.2. The van der Waals surface area contributed by atoms with Crippen molar-refractivity contribution in [3.63, 3.8) is 0 Å². The molecule has 1 aromatic heterocycles. The van der Waals surface area contributed by atoms with Crippen molar-refractivity contribution in [3.8, 4) is 11.8 Å². The van der Waals surface area contributed by atoms with Crippen LogP contribution in [0.15, 0.2) is 54.7 Å². The zero-order valence-corrected chi connectivity index (χ0v) is 18.3. The van der Waals surface area contributed by atoms with Crippen molar-refractivity contribution in [2.24, 2.45) is 0 Å². The Morgan fingerprint density at radius 2 is 1.59 bits per heavy atom. The maximum atomic E-state index is 13.0. The van der Waals surface area contributed by atoms with Gasteiger partial charge in [-0.3, -0.25) is 0 Å². The fourth-order valence-corrected chi connectivity index (χ4v) is 4.04. The lowest BCUT2D eigenvalue weighted by atomic mass is 10.1. The molecule has 2 heterocycles. The van der Waals surface area contributed by atoms with Crippen LogP contribution < -0.4 is 15.5 Å². The summed E-state index contributed by atoms with van der Waals surface area (Å²) >= 11 is 0. The van der Waals surface area contributed by atoms with Gasteiger partial charge >= 0.3 is 12.1 Å². The number of alkyl halides is 3. The minimum Gasteiger partial charge on any atom is -0.464 e. The molecule has 1 aliphatic rings. The number of hydrogen-bond acceptors (Lipinski definition) is 6. The van der Waals surface area contributed by atoms with Crippen molar-refractivity contribution >= 4 is 23.0 Å². The van der Waals surface area contributed by atoms with Gasteiger partial charge in [0.05, 0.1) is 23.9 Å². The molecular formula is C24H22F3N5O2. The highest BCUT2D eigenvalue weighted by Crippen LogP contribution is 2.32. The van der Waals surface area contributed by atoms with Gasteiger partial charge in [-0.25, -0.2) is 4.79 Å². The maximum absolute atomic E-state index is 13.0. The van der Waals surface area contributed by atoms with E-state index in [1.54, 1.807) is 6.07 Å². The topological polar surface area (TPSA) is 87.5 Å². The number of halogens is 3. The fraction of sp³-hybridized carbons (Fsp3) is 0.250. The lowest BCUT2D eigenvalue weighted by Gasteiger charge is -2.37. The Balaban J connectivity index is 1.49. The summed E-state index contributed by atoms with van der Waals surface area (Å²) in [4.78, 5) is 16.3. The molecule has 176 valence electrons.